The Bertz CT molecular complexity index is 1150. The molecule has 1 saturated heterocycles. The summed E-state index contributed by atoms with van der Waals surface area (Å²) in [6.07, 6.45) is 1.81. The fourth-order valence-electron chi connectivity index (χ4n) is 3.82. The predicted octanol–water partition coefficient (Wildman–Crippen LogP) is 2.36. The molecule has 0 saturated carbocycles. The molecule has 0 spiro atoms. The molecular weight excluding hydrogens is 392 g/mol. The Labute approximate surface area is 181 Å². The van der Waals surface area contributed by atoms with Crippen LogP contribution in [0.1, 0.15) is 37.7 Å². The van der Waals surface area contributed by atoms with Crippen LogP contribution in [0, 0.1) is 6.92 Å². The molecule has 1 amide bonds. The van der Waals surface area contributed by atoms with Gasteiger partial charge in [0.15, 0.2) is 0 Å². The van der Waals surface area contributed by atoms with Gasteiger partial charge in [-0.25, -0.2) is 15.0 Å². The number of amides is 1. The average molecular weight is 421 g/mol. The summed E-state index contributed by atoms with van der Waals surface area (Å²) in [7, 11) is 0. The Morgan fingerprint density at radius 2 is 1.84 bits per heavy atom. The Morgan fingerprint density at radius 1 is 1.10 bits per heavy atom. The molecule has 1 aliphatic heterocycles. The first-order valence-electron chi connectivity index (χ1n) is 10.7. The summed E-state index contributed by atoms with van der Waals surface area (Å²) in [4.78, 5) is 43.0. The van der Waals surface area contributed by atoms with Crippen molar-refractivity contribution in [2.75, 3.05) is 31.1 Å². The lowest BCUT2D eigenvalue weighted by atomic mass is 10.2. The third-order valence-corrected chi connectivity index (χ3v) is 5.63. The van der Waals surface area contributed by atoms with Crippen LogP contribution in [0.25, 0.3) is 10.9 Å². The number of piperazine rings is 1. The van der Waals surface area contributed by atoms with Crippen molar-refractivity contribution in [2.45, 2.75) is 39.7 Å². The van der Waals surface area contributed by atoms with Crippen LogP contribution in [0.3, 0.4) is 0 Å². The van der Waals surface area contributed by atoms with Gasteiger partial charge >= 0.3 is 0 Å². The monoisotopic (exact) mass is 420 g/mol. The van der Waals surface area contributed by atoms with Crippen LogP contribution in [0.15, 0.2) is 41.5 Å². The first kappa shape index (κ1) is 21.0. The van der Waals surface area contributed by atoms with Gasteiger partial charge in [0.1, 0.15) is 11.6 Å². The smallest absolute Gasteiger partial charge is 0.261 e. The summed E-state index contributed by atoms with van der Waals surface area (Å²) >= 11 is 0. The van der Waals surface area contributed by atoms with E-state index >= 15 is 0 Å². The lowest BCUT2D eigenvalue weighted by Crippen LogP contribution is -2.49. The van der Waals surface area contributed by atoms with E-state index in [1.807, 2.05) is 36.1 Å². The average Bonchev–Trinajstić information content (AvgIpc) is 2.78. The van der Waals surface area contributed by atoms with Gasteiger partial charge in [-0.05, 0) is 19.1 Å². The molecule has 0 N–H and O–H groups in total. The number of para-hydroxylation sites is 1. The zero-order valence-electron chi connectivity index (χ0n) is 18.3. The number of aromatic nitrogens is 4. The van der Waals surface area contributed by atoms with Gasteiger partial charge < -0.3 is 9.80 Å². The molecule has 0 radical (unpaired) electrons. The summed E-state index contributed by atoms with van der Waals surface area (Å²) < 4.78 is 1.52. The van der Waals surface area contributed by atoms with Crippen LogP contribution < -0.4 is 10.5 Å². The topological polar surface area (TPSA) is 84.2 Å². The molecule has 0 bridgehead atoms. The van der Waals surface area contributed by atoms with Gasteiger partial charge in [-0.2, -0.15) is 0 Å². The molecule has 0 unspecified atom stereocenters. The normalized spacial score (nSPS) is 14.5. The minimum absolute atomic E-state index is 0.0569. The van der Waals surface area contributed by atoms with Crippen molar-refractivity contribution in [1.82, 2.24) is 24.4 Å². The van der Waals surface area contributed by atoms with Gasteiger partial charge in [0.25, 0.3) is 5.56 Å². The van der Waals surface area contributed by atoms with Gasteiger partial charge in [-0.3, -0.25) is 14.2 Å². The Kier molecular flexibility index (Phi) is 5.97. The van der Waals surface area contributed by atoms with Crippen LogP contribution in [0.5, 0.6) is 0 Å². The predicted molar refractivity (Wildman–Crippen MR) is 120 cm³/mol. The summed E-state index contributed by atoms with van der Waals surface area (Å²) in [5.41, 5.74) is 1.52. The van der Waals surface area contributed by atoms with Crippen molar-refractivity contribution in [3.63, 3.8) is 0 Å². The molecule has 4 rings (SSSR count). The zero-order chi connectivity index (χ0) is 22.0. The summed E-state index contributed by atoms with van der Waals surface area (Å²) in [5.74, 6) is 2.11. The second-order valence-corrected chi connectivity index (χ2v) is 8.26. The number of anilines is 1. The molecular formula is C23H28N6O2. The molecule has 1 fully saturated rings. The third-order valence-electron chi connectivity index (χ3n) is 5.63. The third kappa shape index (κ3) is 4.57. The van der Waals surface area contributed by atoms with Crippen molar-refractivity contribution in [2.24, 2.45) is 0 Å². The maximum atomic E-state index is 12.7. The van der Waals surface area contributed by atoms with Crippen molar-refractivity contribution >= 4 is 22.6 Å². The van der Waals surface area contributed by atoms with E-state index in [9.17, 15) is 9.59 Å². The van der Waals surface area contributed by atoms with Crippen molar-refractivity contribution < 1.29 is 4.79 Å². The fourth-order valence-corrected chi connectivity index (χ4v) is 3.82. The lowest BCUT2D eigenvalue weighted by molar-refractivity contribution is -0.131. The minimum Gasteiger partial charge on any atom is -0.353 e. The number of carbonyl (C=O) groups excluding carboxylic acids is 1. The maximum Gasteiger partial charge on any atom is 0.261 e. The Balaban J connectivity index is 1.36. The standard InChI is InChI=1S/C23H28N6O2/c1-16(2)22-25-17(3)14-20(26-22)27-10-12-28(13-11-27)21(30)8-9-29-15-24-19-7-5-4-6-18(19)23(29)31/h4-7,14-16H,8-13H2,1-3H3. The molecule has 2 aromatic heterocycles. The van der Waals surface area contributed by atoms with Crippen LogP contribution >= 0.6 is 0 Å². The first-order chi connectivity index (χ1) is 14.9. The van der Waals surface area contributed by atoms with E-state index < -0.39 is 0 Å². The van der Waals surface area contributed by atoms with Crippen molar-refractivity contribution in [3.8, 4) is 0 Å². The van der Waals surface area contributed by atoms with Crippen LogP contribution in [0.2, 0.25) is 0 Å². The van der Waals surface area contributed by atoms with Crippen LogP contribution in [-0.2, 0) is 11.3 Å². The second kappa shape index (κ2) is 8.83. The number of aryl methyl sites for hydroxylation is 2. The lowest BCUT2D eigenvalue weighted by Gasteiger charge is -2.35. The quantitative estimate of drug-likeness (QED) is 0.630. The highest BCUT2D eigenvalue weighted by Gasteiger charge is 2.22. The van der Waals surface area contributed by atoms with Crippen LogP contribution in [-0.4, -0.2) is 56.5 Å². The van der Waals surface area contributed by atoms with Gasteiger partial charge in [-0.15, -0.1) is 0 Å². The second-order valence-electron chi connectivity index (χ2n) is 8.26. The van der Waals surface area contributed by atoms with Gasteiger partial charge in [-0.1, -0.05) is 26.0 Å². The van der Waals surface area contributed by atoms with E-state index in [0.29, 0.717) is 30.5 Å². The van der Waals surface area contributed by atoms with E-state index in [1.165, 1.54) is 10.9 Å². The van der Waals surface area contributed by atoms with Gasteiger partial charge in [0.05, 0.1) is 17.2 Å². The number of fused-ring (bicyclic) bond motifs is 1. The highest BCUT2D eigenvalue weighted by molar-refractivity contribution is 5.77. The molecule has 162 valence electrons. The number of benzene rings is 1. The molecule has 8 heteroatoms. The SMILES string of the molecule is Cc1cc(N2CCN(C(=O)CCn3cnc4ccccc4c3=O)CC2)nc(C(C)C)n1. The van der Waals surface area contributed by atoms with E-state index in [-0.39, 0.29) is 23.8 Å². The molecule has 0 aliphatic carbocycles. The number of rotatable bonds is 5. The van der Waals surface area contributed by atoms with Crippen molar-refractivity contribution in [3.05, 3.63) is 58.5 Å². The molecule has 1 aliphatic rings. The Morgan fingerprint density at radius 3 is 2.58 bits per heavy atom. The zero-order valence-corrected chi connectivity index (χ0v) is 18.3. The molecule has 3 aromatic rings. The summed E-state index contributed by atoms with van der Waals surface area (Å²) in [6, 6.07) is 9.26. The molecule has 0 atom stereocenters. The first-order valence-corrected chi connectivity index (χ1v) is 10.7. The molecule has 3 heterocycles. The number of hydrogen-bond acceptors (Lipinski definition) is 6. The van der Waals surface area contributed by atoms with E-state index in [0.717, 1.165) is 30.4 Å². The van der Waals surface area contributed by atoms with Gasteiger partial charge in [0, 0.05) is 56.8 Å². The number of nitrogens with zero attached hydrogens (tertiary/aromatic N) is 6. The molecule has 8 nitrogen and oxygen atoms in total. The van der Waals surface area contributed by atoms with E-state index in [1.54, 1.807) is 6.07 Å². The van der Waals surface area contributed by atoms with E-state index in [2.05, 4.69) is 28.7 Å². The fraction of sp³-hybridized carbons (Fsp3) is 0.435. The summed E-state index contributed by atoms with van der Waals surface area (Å²) in [5, 5.41) is 0.576. The maximum absolute atomic E-state index is 12.7. The summed E-state index contributed by atoms with van der Waals surface area (Å²) in [6.45, 7) is 9.25. The van der Waals surface area contributed by atoms with E-state index in [4.69, 9.17) is 4.98 Å². The molecule has 1 aromatic carbocycles. The highest BCUT2D eigenvalue weighted by atomic mass is 16.2. The molecule has 31 heavy (non-hydrogen) atoms. The van der Waals surface area contributed by atoms with Crippen LogP contribution in [0.4, 0.5) is 5.82 Å². The van der Waals surface area contributed by atoms with Crippen molar-refractivity contribution in [1.29, 1.82) is 0 Å². The highest BCUT2D eigenvalue weighted by Crippen LogP contribution is 2.19. The Hall–Kier alpha value is -3.29. The number of hydrogen-bond donors (Lipinski definition) is 0. The largest absolute Gasteiger partial charge is 0.353 e. The number of carbonyl (C=O) groups is 1. The van der Waals surface area contributed by atoms with Gasteiger partial charge in [0.2, 0.25) is 5.91 Å². The minimum atomic E-state index is -0.108.